The molecule has 0 aliphatic carbocycles. The minimum absolute atomic E-state index is 0.0402. The molecule has 0 spiro atoms. The fraction of sp³-hybridized carbons (Fsp3) is 0.278. The molecule has 0 saturated heterocycles. The Kier molecular flexibility index (Phi) is 5.33. The molecule has 3 aromatic rings. The molecule has 2 aromatic carbocycles. The van der Waals surface area contributed by atoms with E-state index >= 15 is 0 Å². The van der Waals surface area contributed by atoms with E-state index in [-0.39, 0.29) is 4.90 Å². The van der Waals surface area contributed by atoms with Crippen molar-refractivity contribution in [3.8, 4) is 0 Å². The van der Waals surface area contributed by atoms with E-state index in [9.17, 15) is 13.2 Å². The molecule has 6 nitrogen and oxygen atoms in total. The molecular weight excluding hydrogens is 370 g/mol. The number of hydrogen-bond donors (Lipinski definition) is 1. The third-order valence-corrected chi connectivity index (χ3v) is 6.35. The van der Waals surface area contributed by atoms with Crippen LogP contribution in [-0.4, -0.2) is 28.8 Å². The highest BCUT2D eigenvalue weighted by atomic mass is 32.2. The second-order valence-corrected chi connectivity index (χ2v) is 8.34. The Morgan fingerprint density at radius 1 is 1.04 bits per heavy atom. The number of fused-ring (bicyclic) bond motifs is 1. The molecule has 3 rings (SSSR count). The Morgan fingerprint density at radius 2 is 1.69 bits per heavy atom. The third-order valence-electron chi connectivity index (χ3n) is 4.17. The molecular formula is C18H19N3O3S2. The molecule has 0 radical (unpaired) electrons. The summed E-state index contributed by atoms with van der Waals surface area (Å²) in [5.41, 5.74) is 3.52. The first kappa shape index (κ1) is 18.5. The van der Waals surface area contributed by atoms with E-state index in [1.807, 2.05) is 32.0 Å². The molecule has 1 amide bonds. The quantitative estimate of drug-likeness (QED) is 0.699. The van der Waals surface area contributed by atoms with Gasteiger partial charge in [0.15, 0.2) is 9.84 Å². The van der Waals surface area contributed by atoms with Crippen molar-refractivity contribution >= 4 is 44.2 Å². The van der Waals surface area contributed by atoms with Crippen molar-refractivity contribution < 1.29 is 13.2 Å². The first-order valence-electron chi connectivity index (χ1n) is 8.31. The van der Waals surface area contributed by atoms with Gasteiger partial charge in [0.2, 0.25) is 5.91 Å². The molecule has 26 heavy (non-hydrogen) atoms. The van der Waals surface area contributed by atoms with Gasteiger partial charge < -0.3 is 5.32 Å². The highest BCUT2D eigenvalue weighted by Crippen LogP contribution is 2.24. The summed E-state index contributed by atoms with van der Waals surface area (Å²) in [5, 5.41) is 2.80. The van der Waals surface area contributed by atoms with Crippen LogP contribution in [0.25, 0.3) is 11.0 Å². The molecule has 0 unspecified atom stereocenters. The number of amides is 1. The molecule has 136 valence electrons. The topological polar surface area (TPSA) is 89.0 Å². The normalized spacial score (nSPS) is 11.6. The zero-order valence-electron chi connectivity index (χ0n) is 14.5. The Morgan fingerprint density at radius 3 is 2.35 bits per heavy atom. The van der Waals surface area contributed by atoms with Crippen LogP contribution < -0.4 is 5.32 Å². The maximum absolute atomic E-state index is 12.7. The van der Waals surface area contributed by atoms with E-state index in [0.29, 0.717) is 16.7 Å². The maximum atomic E-state index is 12.7. The van der Waals surface area contributed by atoms with Gasteiger partial charge in [-0.2, -0.15) is 8.75 Å². The van der Waals surface area contributed by atoms with Crippen LogP contribution in [-0.2, 0) is 27.5 Å². The van der Waals surface area contributed by atoms with Crippen molar-refractivity contribution in [1.29, 1.82) is 0 Å². The van der Waals surface area contributed by atoms with Crippen LogP contribution in [0.1, 0.15) is 25.0 Å². The summed E-state index contributed by atoms with van der Waals surface area (Å²) in [5.74, 6) is -1.19. The zero-order valence-corrected chi connectivity index (χ0v) is 16.2. The van der Waals surface area contributed by atoms with Gasteiger partial charge in [0.05, 0.1) is 16.6 Å². The lowest BCUT2D eigenvalue weighted by molar-refractivity contribution is -0.113. The Bertz CT molecular complexity index is 1040. The number of anilines is 1. The lowest BCUT2D eigenvalue weighted by Crippen LogP contribution is -2.24. The summed E-state index contributed by atoms with van der Waals surface area (Å²) in [7, 11) is -3.82. The zero-order chi connectivity index (χ0) is 18.7. The van der Waals surface area contributed by atoms with Crippen LogP contribution in [0.2, 0.25) is 0 Å². The van der Waals surface area contributed by atoms with E-state index in [1.54, 1.807) is 12.1 Å². The molecule has 1 heterocycles. The number of benzene rings is 2. The number of aryl methyl sites for hydroxylation is 2. The van der Waals surface area contributed by atoms with E-state index in [2.05, 4.69) is 14.1 Å². The average molecular weight is 390 g/mol. The molecule has 0 bridgehead atoms. The number of rotatable bonds is 6. The number of sulfone groups is 1. The summed E-state index contributed by atoms with van der Waals surface area (Å²) in [4.78, 5) is 12.5. The van der Waals surface area contributed by atoms with Crippen LogP contribution in [0.15, 0.2) is 41.3 Å². The Labute approximate surface area is 156 Å². The molecule has 0 aliphatic heterocycles. The molecule has 0 atom stereocenters. The summed E-state index contributed by atoms with van der Waals surface area (Å²) >= 11 is 0.950. The molecule has 8 heteroatoms. The van der Waals surface area contributed by atoms with E-state index < -0.39 is 21.5 Å². The maximum Gasteiger partial charge on any atom is 0.239 e. The van der Waals surface area contributed by atoms with Gasteiger partial charge in [-0.15, -0.1) is 0 Å². The van der Waals surface area contributed by atoms with Gasteiger partial charge in [0, 0.05) is 5.69 Å². The second kappa shape index (κ2) is 7.51. The van der Waals surface area contributed by atoms with Gasteiger partial charge in [-0.3, -0.25) is 4.79 Å². The number of nitrogens with zero attached hydrogens (tertiary/aromatic N) is 2. The average Bonchev–Trinajstić information content (AvgIpc) is 3.09. The highest BCUT2D eigenvalue weighted by Gasteiger charge is 2.24. The van der Waals surface area contributed by atoms with Crippen molar-refractivity contribution in [3.63, 3.8) is 0 Å². The number of carbonyl (C=O) groups is 1. The minimum Gasteiger partial charge on any atom is -0.325 e. The van der Waals surface area contributed by atoms with E-state index in [0.717, 1.165) is 35.7 Å². The molecule has 0 aliphatic rings. The van der Waals surface area contributed by atoms with Crippen LogP contribution in [0, 0.1) is 0 Å². The third kappa shape index (κ3) is 3.61. The number of para-hydroxylation sites is 1. The monoisotopic (exact) mass is 389 g/mol. The summed E-state index contributed by atoms with van der Waals surface area (Å²) in [6.45, 7) is 3.99. The van der Waals surface area contributed by atoms with Gasteiger partial charge in [-0.25, -0.2) is 8.42 Å². The van der Waals surface area contributed by atoms with Crippen LogP contribution >= 0.6 is 11.7 Å². The minimum atomic E-state index is -3.82. The van der Waals surface area contributed by atoms with Crippen molar-refractivity contribution in [3.05, 3.63) is 47.5 Å². The number of hydrogen-bond acceptors (Lipinski definition) is 6. The second-order valence-electron chi connectivity index (χ2n) is 5.85. The van der Waals surface area contributed by atoms with Gasteiger partial charge in [0.1, 0.15) is 16.8 Å². The molecule has 0 fully saturated rings. The van der Waals surface area contributed by atoms with Crippen molar-refractivity contribution in [2.45, 2.75) is 31.6 Å². The summed E-state index contributed by atoms with van der Waals surface area (Å²) < 4.78 is 33.6. The van der Waals surface area contributed by atoms with Crippen molar-refractivity contribution in [2.24, 2.45) is 0 Å². The fourth-order valence-corrected chi connectivity index (χ4v) is 4.77. The number of nitrogens with one attached hydrogen (secondary N) is 1. The van der Waals surface area contributed by atoms with Gasteiger partial charge in [-0.05, 0) is 36.1 Å². The first-order chi connectivity index (χ1) is 12.5. The van der Waals surface area contributed by atoms with Gasteiger partial charge in [-0.1, -0.05) is 38.1 Å². The van der Waals surface area contributed by atoms with Crippen LogP contribution in [0.5, 0.6) is 0 Å². The number of aromatic nitrogens is 2. The van der Waals surface area contributed by atoms with Gasteiger partial charge in [0.25, 0.3) is 0 Å². The lowest BCUT2D eigenvalue weighted by atomic mass is 10.0. The first-order valence-corrected chi connectivity index (χ1v) is 10.7. The Hall–Kier alpha value is -2.32. The largest absolute Gasteiger partial charge is 0.325 e. The Balaban J connectivity index is 1.88. The predicted octanol–water partition coefficient (Wildman–Crippen LogP) is 3.23. The summed E-state index contributed by atoms with van der Waals surface area (Å²) in [6.07, 6.45) is 1.50. The molecule has 1 N–H and O–H groups in total. The number of carbonyl (C=O) groups excluding carboxylic acids is 1. The lowest BCUT2D eigenvalue weighted by Gasteiger charge is -2.14. The van der Waals surface area contributed by atoms with E-state index in [1.165, 1.54) is 6.07 Å². The fourth-order valence-electron chi connectivity index (χ4n) is 2.86. The van der Waals surface area contributed by atoms with Crippen LogP contribution in [0.3, 0.4) is 0 Å². The highest BCUT2D eigenvalue weighted by molar-refractivity contribution is 7.92. The smallest absolute Gasteiger partial charge is 0.239 e. The molecule has 0 saturated carbocycles. The van der Waals surface area contributed by atoms with E-state index in [4.69, 9.17) is 0 Å². The van der Waals surface area contributed by atoms with Gasteiger partial charge >= 0.3 is 0 Å². The summed E-state index contributed by atoms with van der Waals surface area (Å²) in [6, 6.07) is 10.6. The predicted molar refractivity (Wildman–Crippen MR) is 103 cm³/mol. The standard InChI is InChI=1S/C18H19N3O3S2/c1-3-12-7-5-8-13(4-2)17(12)19-16(22)11-26(23,24)15-10-6-9-14-18(15)21-25-20-14/h5-10H,3-4,11H2,1-2H3,(H,19,22). The van der Waals surface area contributed by atoms with Crippen molar-refractivity contribution in [1.82, 2.24) is 8.75 Å². The molecule has 1 aromatic heterocycles. The van der Waals surface area contributed by atoms with Crippen molar-refractivity contribution in [2.75, 3.05) is 11.1 Å². The SMILES string of the molecule is CCc1cccc(CC)c1NC(=O)CS(=O)(=O)c1cccc2nsnc12. The van der Waals surface area contributed by atoms with Crippen LogP contribution in [0.4, 0.5) is 5.69 Å².